The molecule has 0 spiro atoms. The van der Waals surface area contributed by atoms with E-state index in [1.54, 1.807) is 18.2 Å². The second-order valence-electron chi connectivity index (χ2n) is 3.92. The fourth-order valence-corrected chi connectivity index (χ4v) is 1.96. The van der Waals surface area contributed by atoms with Gasteiger partial charge in [0.15, 0.2) is 11.5 Å². The van der Waals surface area contributed by atoms with Crippen LogP contribution in [0.25, 0.3) is 10.8 Å². The van der Waals surface area contributed by atoms with E-state index in [4.69, 9.17) is 9.47 Å². The minimum absolute atomic E-state index is 0.0708. The molecule has 5 heteroatoms. The van der Waals surface area contributed by atoms with Gasteiger partial charge in [0.2, 0.25) is 0 Å². The molecule has 100 valence electrons. The van der Waals surface area contributed by atoms with Crippen molar-refractivity contribution in [3.63, 3.8) is 0 Å². The molecule has 0 saturated carbocycles. The van der Waals surface area contributed by atoms with Crippen LogP contribution in [0.1, 0.15) is 13.8 Å². The lowest BCUT2D eigenvalue weighted by atomic mass is 10.1. The van der Waals surface area contributed by atoms with Crippen LogP contribution in [0.2, 0.25) is 0 Å². The smallest absolute Gasteiger partial charge is 0.277 e. The molecule has 0 amide bonds. The van der Waals surface area contributed by atoms with Gasteiger partial charge in [-0.1, -0.05) is 12.1 Å². The highest BCUT2D eigenvalue weighted by molar-refractivity contribution is 5.93. The van der Waals surface area contributed by atoms with Crippen molar-refractivity contribution < 1.29 is 14.4 Å². The molecule has 0 aliphatic carbocycles. The van der Waals surface area contributed by atoms with Crippen LogP contribution >= 0.6 is 0 Å². The number of rotatable bonds is 5. The van der Waals surface area contributed by atoms with Crippen LogP contribution in [0.4, 0.5) is 5.69 Å². The molecule has 0 bridgehead atoms. The third-order valence-electron chi connectivity index (χ3n) is 2.72. The molecule has 0 aromatic heterocycles. The highest BCUT2D eigenvalue weighted by Crippen LogP contribution is 2.36. The topological polar surface area (TPSA) is 61.6 Å². The molecule has 0 atom stereocenters. The van der Waals surface area contributed by atoms with Gasteiger partial charge >= 0.3 is 0 Å². The van der Waals surface area contributed by atoms with E-state index in [0.29, 0.717) is 30.1 Å². The van der Waals surface area contributed by atoms with Gasteiger partial charge in [0, 0.05) is 6.07 Å². The van der Waals surface area contributed by atoms with Crippen molar-refractivity contribution in [2.45, 2.75) is 13.8 Å². The van der Waals surface area contributed by atoms with Gasteiger partial charge in [-0.25, -0.2) is 0 Å². The van der Waals surface area contributed by atoms with Crippen molar-refractivity contribution in [1.29, 1.82) is 0 Å². The van der Waals surface area contributed by atoms with Crippen LogP contribution in [0.3, 0.4) is 0 Å². The van der Waals surface area contributed by atoms with Gasteiger partial charge in [0.1, 0.15) is 0 Å². The first-order chi connectivity index (χ1) is 9.17. The van der Waals surface area contributed by atoms with Crippen molar-refractivity contribution in [2.24, 2.45) is 0 Å². The third-order valence-corrected chi connectivity index (χ3v) is 2.72. The summed E-state index contributed by atoms with van der Waals surface area (Å²) in [5, 5.41) is 12.3. The summed E-state index contributed by atoms with van der Waals surface area (Å²) < 4.78 is 11.0. The first kappa shape index (κ1) is 13.1. The number of non-ortho nitro benzene ring substituents is 1. The number of fused-ring (bicyclic) bond motifs is 1. The van der Waals surface area contributed by atoms with Gasteiger partial charge < -0.3 is 9.47 Å². The molecule has 2 rings (SSSR count). The zero-order valence-corrected chi connectivity index (χ0v) is 10.9. The number of benzene rings is 2. The van der Waals surface area contributed by atoms with E-state index in [0.717, 1.165) is 5.39 Å². The summed E-state index contributed by atoms with van der Waals surface area (Å²) in [4.78, 5) is 10.6. The zero-order chi connectivity index (χ0) is 13.8. The summed E-state index contributed by atoms with van der Waals surface area (Å²) in [7, 11) is 0. The van der Waals surface area contributed by atoms with Gasteiger partial charge in [-0.05, 0) is 31.4 Å². The molecular formula is C14H15NO4. The summed E-state index contributed by atoms with van der Waals surface area (Å²) in [5.74, 6) is 1.14. The molecule has 5 nitrogen and oxygen atoms in total. The average Bonchev–Trinajstić information content (AvgIpc) is 2.39. The maximum atomic E-state index is 11.0. The lowest BCUT2D eigenvalue weighted by Crippen LogP contribution is -1.99. The van der Waals surface area contributed by atoms with E-state index in [1.807, 2.05) is 19.9 Å². The standard InChI is InChI=1S/C14H15NO4/c1-3-18-13-8-10-6-5-7-12(15(16)17)11(10)9-14(13)19-4-2/h5-9H,3-4H2,1-2H3. The molecule has 0 aliphatic rings. The Morgan fingerprint density at radius 3 is 2.32 bits per heavy atom. The molecule has 2 aromatic rings. The number of hydrogen-bond donors (Lipinski definition) is 0. The molecule has 0 N–H and O–H groups in total. The lowest BCUT2D eigenvalue weighted by molar-refractivity contribution is -0.383. The van der Waals surface area contributed by atoms with Gasteiger partial charge in [-0.3, -0.25) is 10.1 Å². The number of ether oxygens (including phenoxy) is 2. The number of nitrogens with zero attached hydrogens (tertiary/aromatic N) is 1. The zero-order valence-electron chi connectivity index (χ0n) is 10.9. The van der Waals surface area contributed by atoms with Gasteiger partial charge in [-0.15, -0.1) is 0 Å². The van der Waals surface area contributed by atoms with Crippen molar-refractivity contribution in [3.8, 4) is 11.5 Å². The van der Waals surface area contributed by atoms with Crippen LogP contribution < -0.4 is 9.47 Å². The summed E-state index contributed by atoms with van der Waals surface area (Å²) in [6.45, 7) is 4.74. The van der Waals surface area contributed by atoms with Crippen molar-refractivity contribution in [2.75, 3.05) is 13.2 Å². The number of nitro groups is 1. The van der Waals surface area contributed by atoms with Crippen LogP contribution in [0, 0.1) is 10.1 Å². The maximum absolute atomic E-state index is 11.0. The van der Waals surface area contributed by atoms with Gasteiger partial charge in [-0.2, -0.15) is 0 Å². The minimum Gasteiger partial charge on any atom is -0.490 e. The van der Waals surface area contributed by atoms with Crippen molar-refractivity contribution in [3.05, 3.63) is 40.4 Å². The van der Waals surface area contributed by atoms with E-state index in [1.165, 1.54) is 6.07 Å². The monoisotopic (exact) mass is 261 g/mol. The first-order valence-electron chi connectivity index (χ1n) is 6.14. The van der Waals surface area contributed by atoms with Crippen molar-refractivity contribution in [1.82, 2.24) is 0 Å². The summed E-state index contributed by atoms with van der Waals surface area (Å²) in [5.41, 5.74) is 0.0708. The molecule has 0 heterocycles. The molecule has 19 heavy (non-hydrogen) atoms. The van der Waals surface area contributed by atoms with Crippen LogP contribution in [-0.4, -0.2) is 18.1 Å². The molecule has 2 aromatic carbocycles. The SMILES string of the molecule is CCOc1cc2cccc([N+](=O)[O-])c2cc1OCC. The van der Waals surface area contributed by atoms with Gasteiger partial charge in [0.25, 0.3) is 5.69 Å². The molecule has 0 radical (unpaired) electrons. The average molecular weight is 261 g/mol. The Labute approximate surface area is 110 Å². The van der Waals surface area contributed by atoms with Crippen LogP contribution in [-0.2, 0) is 0 Å². The molecule has 0 aliphatic heterocycles. The molecule has 0 fully saturated rings. The van der Waals surface area contributed by atoms with Crippen LogP contribution in [0.5, 0.6) is 11.5 Å². The molecular weight excluding hydrogens is 246 g/mol. The fraction of sp³-hybridized carbons (Fsp3) is 0.286. The van der Waals surface area contributed by atoms with E-state index in [9.17, 15) is 10.1 Å². The second-order valence-corrected chi connectivity index (χ2v) is 3.92. The summed E-state index contributed by atoms with van der Waals surface area (Å²) >= 11 is 0. The van der Waals surface area contributed by atoms with E-state index < -0.39 is 4.92 Å². The Bertz CT molecular complexity index is 610. The predicted octanol–water partition coefficient (Wildman–Crippen LogP) is 3.55. The van der Waals surface area contributed by atoms with E-state index >= 15 is 0 Å². The van der Waals surface area contributed by atoms with Gasteiger partial charge in [0.05, 0.1) is 23.5 Å². The first-order valence-corrected chi connectivity index (χ1v) is 6.14. The van der Waals surface area contributed by atoms with E-state index in [2.05, 4.69) is 0 Å². The van der Waals surface area contributed by atoms with Crippen LogP contribution in [0.15, 0.2) is 30.3 Å². The predicted molar refractivity (Wildman–Crippen MR) is 72.9 cm³/mol. The highest BCUT2D eigenvalue weighted by Gasteiger charge is 2.15. The Morgan fingerprint density at radius 1 is 1.11 bits per heavy atom. The third kappa shape index (κ3) is 2.59. The minimum atomic E-state index is -0.390. The fourth-order valence-electron chi connectivity index (χ4n) is 1.96. The second kappa shape index (κ2) is 5.56. The quantitative estimate of drug-likeness (QED) is 0.610. The highest BCUT2D eigenvalue weighted by atomic mass is 16.6. The largest absolute Gasteiger partial charge is 0.490 e. The summed E-state index contributed by atoms with van der Waals surface area (Å²) in [6, 6.07) is 8.41. The Balaban J connectivity index is 2.66. The number of hydrogen-bond acceptors (Lipinski definition) is 4. The molecule has 0 saturated heterocycles. The summed E-state index contributed by atoms with van der Waals surface area (Å²) in [6.07, 6.45) is 0. The Morgan fingerprint density at radius 2 is 1.74 bits per heavy atom. The van der Waals surface area contributed by atoms with E-state index in [-0.39, 0.29) is 5.69 Å². The number of nitro benzene ring substituents is 1. The van der Waals surface area contributed by atoms with Crippen molar-refractivity contribution >= 4 is 16.5 Å². The Kier molecular flexibility index (Phi) is 3.85. The lowest BCUT2D eigenvalue weighted by Gasteiger charge is -2.12. The molecule has 0 unspecified atom stereocenters. The maximum Gasteiger partial charge on any atom is 0.277 e. The normalized spacial score (nSPS) is 10.4. The Hall–Kier alpha value is -2.30.